The second-order valence-electron chi connectivity index (χ2n) is 6.28. The van der Waals surface area contributed by atoms with E-state index in [-0.39, 0.29) is 24.5 Å². The molecule has 1 aromatic carbocycles. The Bertz CT molecular complexity index is 648. The molecule has 2 saturated carbocycles. The van der Waals surface area contributed by atoms with Gasteiger partial charge in [0.15, 0.2) is 5.82 Å². The van der Waals surface area contributed by atoms with Crippen LogP contribution in [0.15, 0.2) is 24.3 Å². The number of benzene rings is 1. The standard InChI is InChI=1S/C16H19N3O2/c20-8-11-9-5-6-10(7-9)14(11)19-16(21)15-17-12-3-1-2-4-13(12)18-15/h1-4,9-11,14,20H,5-8H2,(H,17,18)(H,19,21). The summed E-state index contributed by atoms with van der Waals surface area (Å²) < 4.78 is 0. The summed E-state index contributed by atoms with van der Waals surface area (Å²) in [6, 6.07) is 7.71. The molecule has 1 aromatic heterocycles. The Morgan fingerprint density at radius 1 is 1.33 bits per heavy atom. The number of aliphatic hydroxyl groups excluding tert-OH is 1. The number of carbonyl (C=O) groups is 1. The first-order valence-corrected chi connectivity index (χ1v) is 7.62. The van der Waals surface area contributed by atoms with Gasteiger partial charge >= 0.3 is 0 Å². The van der Waals surface area contributed by atoms with E-state index in [2.05, 4.69) is 15.3 Å². The number of carbonyl (C=O) groups excluding carboxylic acids is 1. The van der Waals surface area contributed by atoms with Gasteiger partial charge in [-0.15, -0.1) is 0 Å². The van der Waals surface area contributed by atoms with E-state index in [4.69, 9.17) is 0 Å². The number of aliphatic hydroxyl groups is 1. The van der Waals surface area contributed by atoms with Crippen LogP contribution in [-0.2, 0) is 0 Å². The van der Waals surface area contributed by atoms with Gasteiger partial charge in [-0.05, 0) is 43.2 Å². The third kappa shape index (κ3) is 2.03. The monoisotopic (exact) mass is 285 g/mol. The Kier molecular flexibility index (Phi) is 2.96. The van der Waals surface area contributed by atoms with Gasteiger partial charge in [-0.3, -0.25) is 4.79 Å². The predicted molar refractivity (Wildman–Crippen MR) is 78.8 cm³/mol. The molecule has 2 bridgehead atoms. The zero-order valence-electron chi connectivity index (χ0n) is 11.7. The number of nitrogens with zero attached hydrogens (tertiary/aromatic N) is 1. The van der Waals surface area contributed by atoms with Crippen LogP contribution in [0.25, 0.3) is 11.0 Å². The second-order valence-corrected chi connectivity index (χ2v) is 6.28. The Morgan fingerprint density at radius 2 is 2.14 bits per heavy atom. The van der Waals surface area contributed by atoms with E-state index in [1.54, 1.807) is 0 Å². The van der Waals surface area contributed by atoms with Crippen molar-refractivity contribution >= 4 is 16.9 Å². The molecule has 3 N–H and O–H groups in total. The lowest BCUT2D eigenvalue weighted by Crippen LogP contribution is -2.45. The average molecular weight is 285 g/mol. The Balaban J connectivity index is 1.55. The molecule has 0 aliphatic heterocycles. The molecule has 2 fully saturated rings. The smallest absolute Gasteiger partial charge is 0.287 e. The highest BCUT2D eigenvalue weighted by Gasteiger charge is 2.47. The van der Waals surface area contributed by atoms with Gasteiger partial charge in [0.25, 0.3) is 5.91 Å². The summed E-state index contributed by atoms with van der Waals surface area (Å²) in [4.78, 5) is 19.8. The van der Waals surface area contributed by atoms with Gasteiger partial charge in [0.05, 0.1) is 11.0 Å². The number of fused-ring (bicyclic) bond motifs is 3. The molecule has 0 saturated heterocycles. The number of aromatic nitrogens is 2. The molecular weight excluding hydrogens is 266 g/mol. The summed E-state index contributed by atoms with van der Waals surface area (Å²) in [6.07, 6.45) is 3.48. The zero-order valence-corrected chi connectivity index (χ0v) is 11.7. The van der Waals surface area contributed by atoms with Gasteiger partial charge in [-0.2, -0.15) is 0 Å². The Labute approximate surface area is 122 Å². The molecule has 2 aliphatic carbocycles. The number of H-pyrrole nitrogens is 1. The lowest BCUT2D eigenvalue weighted by atomic mass is 9.85. The van der Waals surface area contributed by atoms with E-state index >= 15 is 0 Å². The van der Waals surface area contributed by atoms with Gasteiger partial charge in [0.2, 0.25) is 0 Å². The topological polar surface area (TPSA) is 78.0 Å². The Morgan fingerprint density at radius 3 is 2.95 bits per heavy atom. The molecule has 21 heavy (non-hydrogen) atoms. The molecule has 1 heterocycles. The second kappa shape index (κ2) is 4.84. The molecule has 5 nitrogen and oxygen atoms in total. The molecule has 2 aromatic rings. The van der Waals surface area contributed by atoms with Crippen LogP contribution in [0.5, 0.6) is 0 Å². The van der Waals surface area contributed by atoms with Crippen LogP contribution >= 0.6 is 0 Å². The van der Waals surface area contributed by atoms with Crippen molar-refractivity contribution in [2.45, 2.75) is 25.3 Å². The molecule has 4 unspecified atom stereocenters. The molecule has 0 radical (unpaired) electrons. The van der Waals surface area contributed by atoms with Crippen molar-refractivity contribution in [1.82, 2.24) is 15.3 Å². The predicted octanol–water partition coefficient (Wildman–Crippen LogP) is 1.70. The zero-order chi connectivity index (χ0) is 14.4. The van der Waals surface area contributed by atoms with E-state index in [9.17, 15) is 9.90 Å². The summed E-state index contributed by atoms with van der Waals surface area (Å²) in [5.41, 5.74) is 1.67. The van der Waals surface area contributed by atoms with Crippen molar-refractivity contribution < 1.29 is 9.90 Å². The van der Waals surface area contributed by atoms with Crippen molar-refractivity contribution in [3.8, 4) is 0 Å². The molecule has 2 aliphatic rings. The molecule has 0 spiro atoms. The van der Waals surface area contributed by atoms with E-state index in [1.165, 1.54) is 6.42 Å². The molecule has 1 amide bonds. The van der Waals surface area contributed by atoms with Crippen molar-refractivity contribution in [2.75, 3.05) is 6.61 Å². The fraction of sp³-hybridized carbons (Fsp3) is 0.500. The number of para-hydroxylation sites is 2. The maximum Gasteiger partial charge on any atom is 0.287 e. The number of amides is 1. The van der Waals surface area contributed by atoms with Gasteiger partial charge in [-0.25, -0.2) is 4.98 Å². The van der Waals surface area contributed by atoms with Crippen LogP contribution in [-0.4, -0.2) is 33.6 Å². The van der Waals surface area contributed by atoms with Crippen LogP contribution in [0, 0.1) is 17.8 Å². The number of aromatic amines is 1. The first-order chi connectivity index (χ1) is 10.3. The minimum Gasteiger partial charge on any atom is -0.396 e. The third-order valence-corrected chi connectivity index (χ3v) is 5.20. The van der Waals surface area contributed by atoms with E-state index in [0.29, 0.717) is 17.7 Å². The minimum absolute atomic E-state index is 0.0921. The van der Waals surface area contributed by atoms with Crippen molar-refractivity contribution in [3.63, 3.8) is 0 Å². The maximum absolute atomic E-state index is 12.4. The van der Waals surface area contributed by atoms with E-state index in [1.807, 2.05) is 24.3 Å². The minimum atomic E-state index is -0.165. The van der Waals surface area contributed by atoms with Crippen LogP contribution in [0.1, 0.15) is 29.9 Å². The van der Waals surface area contributed by atoms with Gasteiger partial charge < -0.3 is 15.4 Å². The number of hydrogen-bond acceptors (Lipinski definition) is 3. The largest absolute Gasteiger partial charge is 0.396 e. The normalized spacial score (nSPS) is 30.9. The van der Waals surface area contributed by atoms with Gasteiger partial charge in [0, 0.05) is 18.6 Å². The van der Waals surface area contributed by atoms with Crippen molar-refractivity contribution in [3.05, 3.63) is 30.1 Å². The van der Waals surface area contributed by atoms with Crippen LogP contribution in [0.4, 0.5) is 0 Å². The average Bonchev–Trinajstić information content (AvgIpc) is 3.20. The highest BCUT2D eigenvalue weighted by molar-refractivity contribution is 5.94. The van der Waals surface area contributed by atoms with Crippen molar-refractivity contribution in [1.29, 1.82) is 0 Å². The quantitative estimate of drug-likeness (QED) is 0.803. The van der Waals surface area contributed by atoms with E-state index in [0.717, 1.165) is 23.9 Å². The van der Waals surface area contributed by atoms with Gasteiger partial charge in [0.1, 0.15) is 0 Å². The van der Waals surface area contributed by atoms with E-state index < -0.39 is 0 Å². The molecule has 4 rings (SSSR count). The summed E-state index contributed by atoms with van der Waals surface area (Å²) in [5.74, 6) is 1.48. The lowest BCUT2D eigenvalue weighted by molar-refractivity contribution is 0.0852. The number of nitrogens with one attached hydrogen (secondary N) is 2. The summed E-state index contributed by atoms with van der Waals surface area (Å²) >= 11 is 0. The van der Waals surface area contributed by atoms with Crippen LogP contribution < -0.4 is 5.32 Å². The number of hydrogen-bond donors (Lipinski definition) is 3. The number of imidazole rings is 1. The fourth-order valence-corrected chi connectivity index (χ4v) is 4.18. The summed E-state index contributed by atoms with van der Waals surface area (Å²) in [7, 11) is 0. The summed E-state index contributed by atoms with van der Waals surface area (Å²) in [5, 5.41) is 12.7. The third-order valence-electron chi connectivity index (χ3n) is 5.20. The molecule has 110 valence electrons. The first-order valence-electron chi connectivity index (χ1n) is 7.62. The number of rotatable bonds is 3. The molecule has 5 heteroatoms. The maximum atomic E-state index is 12.4. The SMILES string of the molecule is O=C(NC1C2CCC(C2)C1CO)c1nc2ccccc2[nH]1. The molecule has 4 atom stereocenters. The first kappa shape index (κ1) is 12.8. The summed E-state index contributed by atoms with van der Waals surface area (Å²) in [6.45, 7) is 0.159. The van der Waals surface area contributed by atoms with Crippen LogP contribution in [0.2, 0.25) is 0 Å². The highest BCUT2D eigenvalue weighted by atomic mass is 16.3. The van der Waals surface area contributed by atoms with Gasteiger partial charge in [-0.1, -0.05) is 12.1 Å². The fourth-order valence-electron chi connectivity index (χ4n) is 4.18. The highest BCUT2D eigenvalue weighted by Crippen LogP contribution is 2.48. The lowest BCUT2D eigenvalue weighted by Gasteiger charge is -2.30. The Hall–Kier alpha value is -1.88. The van der Waals surface area contributed by atoms with Crippen LogP contribution in [0.3, 0.4) is 0 Å². The molecular formula is C16H19N3O2. The van der Waals surface area contributed by atoms with Crippen molar-refractivity contribution in [2.24, 2.45) is 17.8 Å².